The van der Waals surface area contributed by atoms with Gasteiger partial charge in [0.05, 0.1) is 26.5 Å². The van der Waals surface area contributed by atoms with Crippen LogP contribution in [0.3, 0.4) is 0 Å². The average molecular weight is 497 g/mol. The van der Waals surface area contributed by atoms with Crippen LogP contribution in [0.1, 0.15) is 5.69 Å². The molecule has 3 rings (SSSR count). The molecule has 0 bridgehead atoms. The predicted octanol–water partition coefficient (Wildman–Crippen LogP) is 2.61. The van der Waals surface area contributed by atoms with E-state index in [2.05, 4.69) is 37.2 Å². The van der Waals surface area contributed by atoms with Crippen LogP contribution < -0.4 is 19.7 Å². The average Bonchev–Trinajstić information content (AvgIpc) is 2.75. The van der Waals surface area contributed by atoms with E-state index < -0.39 is 0 Å². The molecule has 1 aliphatic rings. The lowest BCUT2D eigenvalue weighted by Crippen LogP contribution is -2.52. The fraction of sp³-hybridized carbons (Fsp3) is 0.400. The summed E-state index contributed by atoms with van der Waals surface area (Å²) in [6.45, 7) is 4.34. The van der Waals surface area contributed by atoms with E-state index in [0.29, 0.717) is 12.4 Å². The highest BCUT2D eigenvalue weighted by atomic mass is 127. The molecule has 1 saturated heterocycles. The van der Waals surface area contributed by atoms with Gasteiger partial charge in [-0.2, -0.15) is 0 Å². The molecule has 0 radical (unpaired) electrons. The summed E-state index contributed by atoms with van der Waals surface area (Å²) in [6.07, 6.45) is 0. The number of hydrogen-bond donors (Lipinski definition) is 1. The van der Waals surface area contributed by atoms with E-state index in [9.17, 15) is 0 Å². The van der Waals surface area contributed by atoms with E-state index in [0.717, 1.165) is 43.6 Å². The fourth-order valence-corrected chi connectivity index (χ4v) is 3.14. The predicted molar refractivity (Wildman–Crippen MR) is 123 cm³/mol. The molecule has 1 aromatic carbocycles. The highest BCUT2D eigenvalue weighted by molar-refractivity contribution is 14.0. The Kier molecular flexibility index (Phi) is 8.62. The van der Waals surface area contributed by atoms with Crippen LogP contribution in [0.15, 0.2) is 47.5 Å². The molecule has 1 aromatic heterocycles. The Morgan fingerprint density at radius 1 is 1.04 bits per heavy atom. The number of methoxy groups -OCH3 is 2. The number of halogens is 1. The van der Waals surface area contributed by atoms with Gasteiger partial charge in [-0.1, -0.05) is 6.07 Å². The molecule has 2 aromatic rings. The topological polar surface area (TPSA) is 62.2 Å². The Labute approximate surface area is 183 Å². The standard InChI is InChI=1S/C20H27N5O2.HI/c1-21-20(22-15-16-5-4-6-19(23-16)27-3)25-13-11-24(12-14-25)17-7-9-18(26-2)10-8-17;/h4-10H,11-15H2,1-3H3,(H,21,22);1H. The second kappa shape index (κ2) is 10.9. The van der Waals surface area contributed by atoms with Crippen LogP contribution in [0, 0.1) is 0 Å². The lowest BCUT2D eigenvalue weighted by molar-refractivity contribution is 0.371. The fourth-order valence-electron chi connectivity index (χ4n) is 3.14. The number of hydrogen-bond acceptors (Lipinski definition) is 5. The van der Waals surface area contributed by atoms with Crippen molar-refractivity contribution in [1.82, 2.24) is 15.2 Å². The minimum atomic E-state index is 0. The maximum absolute atomic E-state index is 5.23. The maximum atomic E-state index is 5.23. The van der Waals surface area contributed by atoms with Crippen LogP contribution in [0.5, 0.6) is 11.6 Å². The third-order valence-electron chi connectivity index (χ3n) is 4.65. The lowest BCUT2D eigenvalue weighted by Gasteiger charge is -2.37. The maximum Gasteiger partial charge on any atom is 0.213 e. The zero-order chi connectivity index (χ0) is 19.1. The first-order valence-electron chi connectivity index (χ1n) is 9.08. The molecule has 0 saturated carbocycles. The summed E-state index contributed by atoms with van der Waals surface area (Å²) in [5, 5.41) is 3.40. The smallest absolute Gasteiger partial charge is 0.213 e. The molecule has 7 nitrogen and oxygen atoms in total. The quantitative estimate of drug-likeness (QED) is 0.390. The van der Waals surface area contributed by atoms with Crippen LogP contribution in [0.4, 0.5) is 5.69 Å². The van der Waals surface area contributed by atoms with Crippen molar-refractivity contribution in [3.05, 3.63) is 48.2 Å². The molecule has 0 aliphatic carbocycles. The normalized spacial score (nSPS) is 14.3. The zero-order valence-corrected chi connectivity index (χ0v) is 18.9. The minimum absolute atomic E-state index is 0. The van der Waals surface area contributed by atoms with E-state index in [-0.39, 0.29) is 24.0 Å². The number of rotatable bonds is 5. The van der Waals surface area contributed by atoms with Crippen LogP contribution in [-0.4, -0.2) is 63.3 Å². The van der Waals surface area contributed by atoms with Gasteiger partial charge in [0, 0.05) is 45.0 Å². The third kappa shape index (κ3) is 5.63. The van der Waals surface area contributed by atoms with Gasteiger partial charge in [0.2, 0.25) is 5.88 Å². The number of anilines is 1. The largest absolute Gasteiger partial charge is 0.497 e. The molecular formula is C20H28IN5O2. The molecule has 0 unspecified atom stereocenters. The molecule has 1 aliphatic heterocycles. The molecule has 28 heavy (non-hydrogen) atoms. The summed E-state index contributed by atoms with van der Waals surface area (Å²) in [6, 6.07) is 14.0. The Hall–Kier alpha value is -2.23. The number of aromatic nitrogens is 1. The van der Waals surface area contributed by atoms with Gasteiger partial charge < -0.3 is 24.6 Å². The van der Waals surface area contributed by atoms with Gasteiger partial charge in [0.15, 0.2) is 5.96 Å². The Morgan fingerprint density at radius 2 is 1.75 bits per heavy atom. The van der Waals surface area contributed by atoms with E-state index in [1.54, 1.807) is 14.2 Å². The highest BCUT2D eigenvalue weighted by Gasteiger charge is 2.20. The lowest BCUT2D eigenvalue weighted by atomic mass is 10.2. The Morgan fingerprint density at radius 3 is 2.36 bits per heavy atom. The van der Waals surface area contributed by atoms with Crippen molar-refractivity contribution in [2.24, 2.45) is 4.99 Å². The number of nitrogens with zero attached hydrogens (tertiary/aromatic N) is 4. The van der Waals surface area contributed by atoms with Crippen LogP contribution in [0.25, 0.3) is 0 Å². The monoisotopic (exact) mass is 497 g/mol. The van der Waals surface area contributed by atoms with Gasteiger partial charge in [-0.3, -0.25) is 4.99 Å². The summed E-state index contributed by atoms with van der Waals surface area (Å²) in [7, 11) is 5.13. The number of benzene rings is 1. The van der Waals surface area contributed by atoms with E-state index >= 15 is 0 Å². The first-order valence-corrected chi connectivity index (χ1v) is 9.08. The summed E-state index contributed by atoms with van der Waals surface area (Å²) >= 11 is 0. The number of nitrogens with one attached hydrogen (secondary N) is 1. The van der Waals surface area contributed by atoms with Crippen molar-refractivity contribution in [2.75, 3.05) is 52.3 Å². The first-order chi connectivity index (χ1) is 13.2. The summed E-state index contributed by atoms with van der Waals surface area (Å²) in [4.78, 5) is 13.5. The molecule has 152 valence electrons. The molecule has 1 fully saturated rings. The molecular weight excluding hydrogens is 469 g/mol. The van der Waals surface area contributed by atoms with Gasteiger partial charge in [0.1, 0.15) is 5.75 Å². The molecule has 0 atom stereocenters. The van der Waals surface area contributed by atoms with Gasteiger partial charge >= 0.3 is 0 Å². The summed E-state index contributed by atoms with van der Waals surface area (Å²) in [5.74, 6) is 2.40. The van der Waals surface area contributed by atoms with Crippen molar-refractivity contribution >= 4 is 35.6 Å². The Balaban J connectivity index is 0.00000280. The number of guanidine groups is 1. The van der Waals surface area contributed by atoms with Crippen LogP contribution in [0.2, 0.25) is 0 Å². The number of aliphatic imine (C=N–C) groups is 1. The number of ether oxygens (including phenoxy) is 2. The second-order valence-corrected chi connectivity index (χ2v) is 6.24. The highest BCUT2D eigenvalue weighted by Crippen LogP contribution is 2.20. The van der Waals surface area contributed by atoms with Crippen LogP contribution in [-0.2, 0) is 6.54 Å². The zero-order valence-electron chi connectivity index (χ0n) is 16.6. The molecule has 2 heterocycles. The van der Waals surface area contributed by atoms with E-state index in [1.807, 2.05) is 37.4 Å². The Bertz CT molecular complexity index is 761. The van der Waals surface area contributed by atoms with Gasteiger partial charge in [-0.05, 0) is 30.3 Å². The van der Waals surface area contributed by atoms with Crippen molar-refractivity contribution in [3.63, 3.8) is 0 Å². The van der Waals surface area contributed by atoms with E-state index in [1.165, 1.54) is 5.69 Å². The first kappa shape index (κ1) is 22.1. The molecule has 1 N–H and O–H groups in total. The van der Waals surface area contributed by atoms with Gasteiger partial charge in [-0.25, -0.2) is 4.98 Å². The summed E-state index contributed by atoms with van der Waals surface area (Å²) in [5.41, 5.74) is 2.14. The third-order valence-corrected chi connectivity index (χ3v) is 4.65. The van der Waals surface area contributed by atoms with Crippen molar-refractivity contribution in [1.29, 1.82) is 0 Å². The van der Waals surface area contributed by atoms with Gasteiger partial charge in [-0.15, -0.1) is 24.0 Å². The number of pyridine rings is 1. The SMILES string of the molecule is CN=C(NCc1cccc(OC)n1)N1CCN(c2ccc(OC)cc2)CC1.I. The number of piperazine rings is 1. The van der Waals surface area contributed by atoms with Crippen LogP contribution >= 0.6 is 24.0 Å². The van der Waals surface area contributed by atoms with Crippen molar-refractivity contribution in [3.8, 4) is 11.6 Å². The van der Waals surface area contributed by atoms with Crippen molar-refractivity contribution in [2.45, 2.75) is 6.54 Å². The van der Waals surface area contributed by atoms with Gasteiger partial charge in [0.25, 0.3) is 0 Å². The molecule has 0 spiro atoms. The van der Waals surface area contributed by atoms with E-state index in [4.69, 9.17) is 9.47 Å². The summed E-state index contributed by atoms with van der Waals surface area (Å²) < 4.78 is 10.4. The molecule has 8 heteroatoms. The van der Waals surface area contributed by atoms with Crippen molar-refractivity contribution < 1.29 is 9.47 Å². The molecule has 0 amide bonds. The minimum Gasteiger partial charge on any atom is -0.497 e. The second-order valence-electron chi connectivity index (χ2n) is 6.24.